The van der Waals surface area contributed by atoms with Gasteiger partial charge >= 0.3 is 5.97 Å². The summed E-state index contributed by atoms with van der Waals surface area (Å²) in [6.07, 6.45) is 9.30. The Labute approximate surface area is 121 Å². The van der Waals surface area contributed by atoms with Crippen molar-refractivity contribution >= 4 is 5.97 Å². The highest BCUT2D eigenvalue weighted by atomic mass is 16.5. The van der Waals surface area contributed by atoms with E-state index in [-0.39, 0.29) is 0 Å². The fourth-order valence-electron chi connectivity index (χ4n) is 2.33. The molecule has 0 spiro atoms. The van der Waals surface area contributed by atoms with E-state index in [2.05, 4.69) is 11.9 Å². The first-order valence-electron chi connectivity index (χ1n) is 7.32. The molecule has 1 saturated carbocycles. The summed E-state index contributed by atoms with van der Waals surface area (Å²) in [5.74, 6) is -0.393. The predicted octanol–water partition coefficient (Wildman–Crippen LogP) is 2.77. The summed E-state index contributed by atoms with van der Waals surface area (Å²) in [7, 11) is 0. The van der Waals surface area contributed by atoms with Crippen LogP contribution in [0.4, 0.5) is 0 Å². The van der Waals surface area contributed by atoms with Gasteiger partial charge in [0.25, 0.3) is 0 Å². The van der Waals surface area contributed by atoms with E-state index in [1.54, 1.807) is 13.0 Å². The van der Waals surface area contributed by atoms with Gasteiger partial charge in [0.05, 0.1) is 17.9 Å². The molecule has 1 aliphatic rings. The lowest BCUT2D eigenvalue weighted by molar-refractivity contribution is -0.138. The Morgan fingerprint density at radius 1 is 1.40 bits per heavy atom. The maximum Gasteiger partial charge on any atom is 0.338 e. The number of allylic oxidation sites excluding steroid dienone is 2. The van der Waals surface area contributed by atoms with Crippen LogP contribution in [0.5, 0.6) is 0 Å². The lowest BCUT2D eigenvalue weighted by atomic mass is 9.95. The van der Waals surface area contributed by atoms with Crippen LogP contribution in [0.1, 0.15) is 46.0 Å². The van der Waals surface area contributed by atoms with E-state index >= 15 is 0 Å². The fraction of sp³-hybridized carbons (Fsp3) is 0.562. The standard InChI is InChI=1S/C16H26N2O2/c1-4-13(16(19)20-5-2)11-15(17)12(3)18-14-9-7-6-8-10-14/h4,11,14,18H,1,5-10,17H2,2-3H3/b13-11+,15-12-. The molecular formula is C16H26N2O2. The number of carbonyl (C=O) groups excluding carboxylic acids is 1. The quantitative estimate of drug-likeness (QED) is 0.445. The molecule has 0 saturated heterocycles. The van der Waals surface area contributed by atoms with Gasteiger partial charge in [-0.2, -0.15) is 0 Å². The normalized spacial score (nSPS) is 18.2. The molecule has 3 N–H and O–H groups in total. The van der Waals surface area contributed by atoms with Crippen molar-refractivity contribution < 1.29 is 9.53 Å². The van der Waals surface area contributed by atoms with Crippen LogP contribution < -0.4 is 11.1 Å². The summed E-state index contributed by atoms with van der Waals surface area (Å²) >= 11 is 0. The predicted molar refractivity (Wildman–Crippen MR) is 81.8 cm³/mol. The van der Waals surface area contributed by atoms with Crippen molar-refractivity contribution in [3.8, 4) is 0 Å². The summed E-state index contributed by atoms with van der Waals surface area (Å²) in [5, 5.41) is 3.44. The number of nitrogens with one attached hydrogen (secondary N) is 1. The van der Waals surface area contributed by atoms with E-state index in [9.17, 15) is 4.79 Å². The Morgan fingerprint density at radius 2 is 2.05 bits per heavy atom. The number of hydrogen-bond acceptors (Lipinski definition) is 4. The smallest absolute Gasteiger partial charge is 0.338 e. The summed E-state index contributed by atoms with van der Waals surface area (Å²) in [4.78, 5) is 11.7. The van der Waals surface area contributed by atoms with Crippen LogP contribution in [0.15, 0.2) is 35.7 Å². The molecule has 1 rings (SSSR count). The highest BCUT2D eigenvalue weighted by molar-refractivity contribution is 5.91. The highest BCUT2D eigenvalue weighted by Crippen LogP contribution is 2.18. The second-order valence-electron chi connectivity index (χ2n) is 5.08. The lowest BCUT2D eigenvalue weighted by Crippen LogP contribution is -2.31. The van der Waals surface area contributed by atoms with Gasteiger partial charge in [-0.15, -0.1) is 0 Å². The first-order valence-corrected chi connectivity index (χ1v) is 7.32. The van der Waals surface area contributed by atoms with Gasteiger partial charge in [0.2, 0.25) is 0 Å². The summed E-state index contributed by atoms with van der Waals surface area (Å²) in [5.41, 5.74) is 7.87. The number of rotatable bonds is 6. The third-order valence-electron chi connectivity index (χ3n) is 3.50. The zero-order chi connectivity index (χ0) is 15.0. The van der Waals surface area contributed by atoms with E-state index < -0.39 is 5.97 Å². The molecule has 0 unspecified atom stereocenters. The van der Waals surface area contributed by atoms with Gasteiger partial charge in [0, 0.05) is 11.7 Å². The highest BCUT2D eigenvalue weighted by Gasteiger charge is 2.14. The molecule has 1 aliphatic carbocycles. The van der Waals surface area contributed by atoms with E-state index in [4.69, 9.17) is 10.5 Å². The van der Waals surface area contributed by atoms with Gasteiger partial charge in [-0.25, -0.2) is 4.79 Å². The minimum atomic E-state index is -0.393. The summed E-state index contributed by atoms with van der Waals surface area (Å²) < 4.78 is 4.95. The lowest BCUT2D eigenvalue weighted by Gasteiger charge is -2.24. The number of hydrogen-bond donors (Lipinski definition) is 2. The Balaban J connectivity index is 2.72. The van der Waals surface area contributed by atoms with E-state index in [1.807, 2.05) is 6.92 Å². The van der Waals surface area contributed by atoms with Crippen LogP contribution in [0.2, 0.25) is 0 Å². The number of nitrogens with two attached hydrogens (primary N) is 1. The second-order valence-corrected chi connectivity index (χ2v) is 5.08. The van der Waals surface area contributed by atoms with Crippen LogP contribution in [-0.2, 0) is 9.53 Å². The van der Waals surface area contributed by atoms with Gasteiger partial charge in [0.1, 0.15) is 0 Å². The monoisotopic (exact) mass is 278 g/mol. The maximum atomic E-state index is 11.7. The van der Waals surface area contributed by atoms with Crippen LogP contribution in [0.3, 0.4) is 0 Å². The van der Waals surface area contributed by atoms with E-state index in [0.29, 0.717) is 23.9 Å². The first-order chi connectivity index (χ1) is 9.58. The Morgan fingerprint density at radius 3 is 2.60 bits per heavy atom. The molecule has 1 fully saturated rings. The number of ether oxygens (including phenoxy) is 1. The van der Waals surface area contributed by atoms with Crippen molar-refractivity contribution in [3.63, 3.8) is 0 Å². The minimum Gasteiger partial charge on any atom is -0.462 e. The van der Waals surface area contributed by atoms with Gasteiger partial charge < -0.3 is 15.8 Å². The maximum absolute atomic E-state index is 11.7. The van der Waals surface area contributed by atoms with Crippen LogP contribution >= 0.6 is 0 Å². The Bertz CT molecular complexity index is 405. The third-order valence-corrected chi connectivity index (χ3v) is 3.50. The summed E-state index contributed by atoms with van der Waals surface area (Å²) in [6.45, 7) is 7.67. The molecule has 112 valence electrons. The zero-order valence-electron chi connectivity index (χ0n) is 12.6. The molecule has 4 nitrogen and oxygen atoms in total. The third kappa shape index (κ3) is 5.11. The molecule has 0 aliphatic heterocycles. The molecule has 0 heterocycles. The van der Waals surface area contributed by atoms with Crippen LogP contribution in [0, 0.1) is 0 Å². The average Bonchev–Trinajstić information content (AvgIpc) is 2.45. The molecular weight excluding hydrogens is 252 g/mol. The van der Waals surface area contributed by atoms with E-state index in [1.165, 1.54) is 38.2 Å². The van der Waals surface area contributed by atoms with Crippen molar-refractivity contribution in [2.24, 2.45) is 5.73 Å². The zero-order valence-corrected chi connectivity index (χ0v) is 12.6. The molecule has 0 aromatic carbocycles. The van der Waals surface area contributed by atoms with Crippen LogP contribution in [-0.4, -0.2) is 18.6 Å². The molecule has 0 aromatic rings. The van der Waals surface area contributed by atoms with Gasteiger partial charge in [-0.1, -0.05) is 31.9 Å². The van der Waals surface area contributed by atoms with Gasteiger partial charge in [-0.3, -0.25) is 0 Å². The topological polar surface area (TPSA) is 64.3 Å². The van der Waals surface area contributed by atoms with Crippen molar-refractivity contribution in [2.75, 3.05) is 6.61 Å². The van der Waals surface area contributed by atoms with Crippen LogP contribution in [0.25, 0.3) is 0 Å². The van der Waals surface area contributed by atoms with Crippen molar-refractivity contribution in [1.82, 2.24) is 5.32 Å². The fourth-order valence-corrected chi connectivity index (χ4v) is 2.33. The molecule has 0 atom stereocenters. The molecule has 0 aromatic heterocycles. The minimum absolute atomic E-state index is 0.340. The SMILES string of the molecule is C=C/C(=C\C(N)=C(/C)NC1CCCCC1)C(=O)OCC. The molecule has 0 bridgehead atoms. The molecule has 0 radical (unpaired) electrons. The largest absolute Gasteiger partial charge is 0.462 e. The number of esters is 1. The Hall–Kier alpha value is -1.71. The molecule has 0 amide bonds. The summed E-state index contributed by atoms with van der Waals surface area (Å²) in [6, 6.07) is 0.491. The Kier molecular flexibility index (Phi) is 6.91. The van der Waals surface area contributed by atoms with Crippen molar-refractivity contribution in [2.45, 2.75) is 52.0 Å². The van der Waals surface area contributed by atoms with E-state index in [0.717, 1.165) is 5.70 Å². The second kappa shape index (κ2) is 8.46. The van der Waals surface area contributed by atoms with Crippen molar-refractivity contribution in [1.29, 1.82) is 0 Å². The van der Waals surface area contributed by atoms with Crippen molar-refractivity contribution in [3.05, 3.63) is 35.7 Å². The average molecular weight is 278 g/mol. The van der Waals surface area contributed by atoms with Gasteiger partial charge in [-0.05, 0) is 32.8 Å². The van der Waals surface area contributed by atoms with Gasteiger partial charge in [0.15, 0.2) is 0 Å². The molecule has 4 heteroatoms. The molecule has 20 heavy (non-hydrogen) atoms. The first kappa shape index (κ1) is 16.3. The number of carbonyl (C=O) groups is 1.